The third-order valence-electron chi connectivity index (χ3n) is 4.65. The number of anilines is 1. The molecule has 2 fully saturated rings. The molecule has 1 aromatic carbocycles. The number of hydrogen-bond acceptors (Lipinski definition) is 6. The van der Waals surface area contributed by atoms with Gasteiger partial charge in [0, 0.05) is 32.2 Å². The molecular weight excluding hydrogens is 334 g/mol. The molecule has 0 atom stereocenters. The van der Waals surface area contributed by atoms with Crippen LogP contribution >= 0.6 is 0 Å². The summed E-state index contributed by atoms with van der Waals surface area (Å²) in [5, 5.41) is 21.0. The highest BCUT2D eigenvalue weighted by molar-refractivity contribution is 7.89. The summed E-state index contributed by atoms with van der Waals surface area (Å²) in [4.78, 5) is 12.7. The van der Waals surface area contributed by atoms with Crippen molar-refractivity contribution in [3.63, 3.8) is 0 Å². The number of piperidine rings is 1. The fourth-order valence-electron chi connectivity index (χ4n) is 3.26. The second kappa shape index (κ2) is 6.66. The van der Waals surface area contributed by atoms with Gasteiger partial charge in [0.1, 0.15) is 5.69 Å². The summed E-state index contributed by atoms with van der Waals surface area (Å²) in [6.45, 7) is 1.95. The summed E-state index contributed by atoms with van der Waals surface area (Å²) < 4.78 is 26.6. The van der Waals surface area contributed by atoms with Crippen molar-refractivity contribution < 1.29 is 18.4 Å². The number of aliphatic hydroxyl groups is 1. The van der Waals surface area contributed by atoms with Gasteiger partial charge in [-0.25, -0.2) is 8.42 Å². The van der Waals surface area contributed by atoms with Crippen molar-refractivity contribution in [1.82, 2.24) is 4.31 Å². The summed E-state index contributed by atoms with van der Waals surface area (Å²) in [6.07, 6.45) is 2.34. The lowest BCUT2D eigenvalue weighted by atomic mass is 10.1. The minimum Gasteiger partial charge on any atom is -0.393 e. The second-order valence-corrected chi connectivity index (χ2v) is 8.17. The maximum absolute atomic E-state index is 12.6. The van der Waals surface area contributed by atoms with E-state index in [0.29, 0.717) is 44.7 Å². The van der Waals surface area contributed by atoms with Gasteiger partial charge >= 0.3 is 0 Å². The topological polar surface area (TPSA) is 104 Å². The SMILES string of the molecule is O=[N+]([O-])c1cc(S(=O)(=O)N2CCCC2)ccc1N1CCC(O)CC1. The molecular formula is C15H21N3O5S. The van der Waals surface area contributed by atoms with Crippen LogP contribution in [0, 0.1) is 10.1 Å². The Morgan fingerprint density at radius 1 is 1.12 bits per heavy atom. The number of benzene rings is 1. The van der Waals surface area contributed by atoms with Crippen LogP contribution in [-0.2, 0) is 10.0 Å². The van der Waals surface area contributed by atoms with E-state index in [1.54, 1.807) is 0 Å². The van der Waals surface area contributed by atoms with E-state index in [-0.39, 0.29) is 16.7 Å². The molecule has 2 heterocycles. The van der Waals surface area contributed by atoms with Crippen molar-refractivity contribution in [2.45, 2.75) is 36.7 Å². The molecule has 132 valence electrons. The highest BCUT2D eigenvalue weighted by Gasteiger charge is 2.31. The fraction of sp³-hybridized carbons (Fsp3) is 0.600. The highest BCUT2D eigenvalue weighted by atomic mass is 32.2. The Balaban J connectivity index is 1.94. The van der Waals surface area contributed by atoms with Crippen LogP contribution in [0.4, 0.5) is 11.4 Å². The Hall–Kier alpha value is -1.71. The van der Waals surface area contributed by atoms with Gasteiger partial charge in [0.15, 0.2) is 0 Å². The van der Waals surface area contributed by atoms with Gasteiger partial charge < -0.3 is 10.0 Å². The Morgan fingerprint density at radius 2 is 1.75 bits per heavy atom. The summed E-state index contributed by atoms with van der Waals surface area (Å²) >= 11 is 0. The number of sulfonamides is 1. The standard InChI is InChI=1S/C15H21N3O5S/c19-12-5-9-16(10-6-12)14-4-3-13(11-15(14)18(20)21)24(22,23)17-7-1-2-8-17/h3-4,11-12,19H,1-2,5-10H2. The Morgan fingerprint density at radius 3 is 2.33 bits per heavy atom. The molecule has 0 aromatic heterocycles. The molecule has 0 unspecified atom stereocenters. The average molecular weight is 355 g/mol. The molecule has 2 saturated heterocycles. The summed E-state index contributed by atoms with van der Waals surface area (Å²) in [6, 6.07) is 4.12. The predicted molar refractivity (Wildman–Crippen MR) is 88.5 cm³/mol. The molecule has 8 nitrogen and oxygen atoms in total. The van der Waals surface area contributed by atoms with E-state index in [2.05, 4.69) is 0 Å². The highest BCUT2D eigenvalue weighted by Crippen LogP contribution is 2.34. The Bertz CT molecular complexity index is 723. The number of nitrogens with zero attached hydrogens (tertiary/aromatic N) is 3. The van der Waals surface area contributed by atoms with E-state index in [4.69, 9.17) is 0 Å². The zero-order valence-corrected chi connectivity index (χ0v) is 14.1. The largest absolute Gasteiger partial charge is 0.393 e. The smallest absolute Gasteiger partial charge is 0.293 e. The van der Waals surface area contributed by atoms with Crippen molar-refractivity contribution in [2.24, 2.45) is 0 Å². The van der Waals surface area contributed by atoms with Gasteiger partial charge in [-0.3, -0.25) is 10.1 Å². The molecule has 0 bridgehead atoms. The maximum Gasteiger partial charge on any atom is 0.293 e. The molecule has 0 amide bonds. The van der Waals surface area contributed by atoms with Crippen LogP contribution in [0.15, 0.2) is 23.1 Å². The van der Waals surface area contributed by atoms with Gasteiger partial charge in [-0.2, -0.15) is 4.31 Å². The van der Waals surface area contributed by atoms with Crippen molar-refractivity contribution in [1.29, 1.82) is 0 Å². The molecule has 0 saturated carbocycles. The fourth-order valence-corrected chi connectivity index (χ4v) is 4.80. The van der Waals surface area contributed by atoms with Crippen molar-refractivity contribution in [3.05, 3.63) is 28.3 Å². The van der Waals surface area contributed by atoms with Crippen molar-refractivity contribution in [2.75, 3.05) is 31.1 Å². The van der Waals surface area contributed by atoms with E-state index in [9.17, 15) is 23.6 Å². The molecule has 2 aliphatic heterocycles. The summed E-state index contributed by atoms with van der Waals surface area (Å²) in [5.74, 6) is 0. The first kappa shape index (κ1) is 17.1. The monoisotopic (exact) mass is 355 g/mol. The van der Waals surface area contributed by atoms with Gasteiger partial charge in [-0.05, 0) is 37.8 Å². The van der Waals surface area contributed by atoms with Crippen LogP contribution in [0.25, 0.3) is 0 Å². The van der Waals surface area contributed by atoms with Gasteiger partial charge in [-0.1, -0.05) is 0 Å². The maximum atomic E-state index is 12.6. The third kappa shape index (κ3) is 3.24. The van der Waals surface area contributed by atoms with Crippen LogP contribution in [0.2, 0.25) is 0 Å². The predicted octanol–water partition coefficient (Wildman–Crippen LogP) is 1.34. The molecule has 1 N–H and O–H groups in total. The summed E-state index contributed by atoms with van der Waals surface area (Å²) in [5.41, 5.74) is 0.207. The number of nitro benzene ring substituents is 1. The van der Waals surface area contributed by atoms with Gasteiger partial charge in [-0.15, -0.1) is 0 Å². The van der Waals surface area contributed by atoms with Crippen LogP contribution in [0.1, 0.15) is 25.7 Å². The first-order chi connectivity index (χ1) is 11.4. The average Bonchev–Trinajstić information content (AvgIpc) is 3.10. The van der Waals surface area contributed by atoms with E-state index in [1.165, 1.54) is 16.4 Å². The number of rotatable bonds is 4. The number of hydrogen-bond donors (Lipinski definition) is 1. The lowest BCUT2D eigenvalue weighted by molar-refractivity contribution is -0.384. The van der Waals surface area contributed by atoms with Crippen molar-refractivity contribution in [3.8, 4) is 0 Å². The van der Waals surface area contributed by atoms with Gasteiger partial charge in [0.2, 0.25) is 10.0 Å². The first-order valence-electron chi connectivity index (χ1n) is 8.11. The number of aliphatic hydroxyl groups excluding tert-OH is 1. The van der Waals surface area contributed by atoms with Gasteiger partial charge in [0.05, 0.1) is 15.9 Å². The van der Waals surface area contributed by atoms with Crippen LogP contribution < -0.4 is 4.90 Å². The van der Waals surface area contributed by atoms with Crippen LogP contribution in [-0.4, -0.2) is 55.0 Å². The van der Waals surface area contributed by atoms with E-state index >= 15 is 0 Å². The lowest BCUT2D eigenvalue weighted by Crippen LogP contribution is -2.36. The molecule has 0 radical (unpaired) electrons. The first-order valence-corrected chi connectivity index (χ1v) is 9.55. The van der Waals surface area contributed by atoms with Crippen molar-refractivity contribution >= 4 is 21.4 Å². The Kier molecular flexibility index (Phi) is 4.75. The molecule has 0 spiro atoms. The zero-order valence-electron chi connectivity index (χ0n) is 13.3. The van der Waals surface area contributed by atoms with Crippen LogP contribution in [0.5, 0.6) is 0 Å². The van der Waals surface area contributed by atoms with Gasteiger partial charge in [0.25, 0.3) is 5.69 Å². The van der Waals surface area contributed by atoms with E-state index in [1.807, 2.05) is 4.90 Å². The molecule has 2 aliphatic rings. The Labute approximate surface area is 140 Å². The molecule has 9 heteroatoms. The van der Waals surface area contributed by atoms with E-state index < -0.39 is 14.9 Å². The molecule has 0 aliphatic carbocycles. The quantitative estimate of drug-likeness (QED) is 0.646. The molecule has 3 rings (SSSR count). The third-order valence-corrected chi connectivity index (χ3v) is 6.55. The minimum absolute atomic E-state index is 0.0307. The van der Waals surface area contributed by atoms with Crippen LogP contribution in [0.3, 0.4) is 0 Å². The number of nitro groups is 1. The second-order valence-electron chi connectivity index (χ2n) is 6.24. The normalized spacial score (nSPS) is 20.5. The zero-order chi connectivity index (χ0) is 17.3. The summed E-state index contributed by atoms with van der Waals surface area (Å²) in [7, 11) is -3.68. The van der Waals surface area contributed by atoms with E-state index in [0.717, 1.165) is 18.9 Å². The molecule has 1 aromatic rings. The minimum atomic E-state index is -3.68. The lowest BCUT2D eigenvalue weighted by Gasteiger charge is -2.31. The molecule has 24 heavy (non-hydrogen) atoms.